The summed E-state index contributed by atoms with van der Waals surface area (Å²) in [6.07, 6.45) is 0. The third-order valence-corrected chi connectivity index (χ3v) is 12.7. The fourth-order valence-corrected chi connectivity index (χ4v) is 9.77. The molecule has 3 nitrogen and oxygen atoms in total. The quantitative estimate of drug-likeness (QED) is 0.162. The molecule has 0 fully saturated rings. The largest absolute Gasteiger partial charge is 0.308 e. The molecule has 0 saturated heterocycles. The van der Waals surface area contributed by atoms with E-state index < -0.39 is 10.8 Å². The summed E-state index contributed by atoms with van der Waals surface area (Å²) >= 11 is 8.01. The molecule has 4 heteroatoms. The van der Waals surface area contributed by atoms with Crippen molar-refractivity contribution in [1.82, 2.24) is 0 Å². The zero-order valence-corrected chi connectivity index (χ0v) is 32.5. The zero-order valence-electron chi connectivity index (χ0n) is 31.7. The molecular weight excluding hydrogens is 714 g/mol. The molecule has 0 aromatic heterocycles. The molecule has 8 aromatic carbocycles. The number of halogens is 1. The van der Waals surface area contributed by atoms with Crippen LogP contribution in [0.15, 0.2) is 194 Å². The van der Waals surface area contributed by atoms with Gasteiger partial charge in [-0.15, -0.1) is 0 Å². The summed E-state index contributed by atoms with van der Waals surface area (Å²) in [5, 5.41) is 0.611. The van der Waals surface area contributed by atoms with E-state index in [4.69, 9.17) is 18.2 Å². The molecule has 0 N–H and O–H groups in total. The van der Waals surface area contributed by atoms with Gasteiger partial charge in [0.1, 0.15) is 0 Å². The number of nitrogens with zero attached hydrogens (tertiary/aromatic N) is 3. The molecule has 0 bridgehead atoms. The Labute approximate surface area is 339 Å². The third-order valence-electron chi connectivity index (χ3n) is 12.3. The molecule has 0 aliphatic carbocycles. The van der Waals surface area contributed by atoms with Crippen LogP contribution in [0.25, 0.3) is 16.0 Å². The van der Waals surface area contributed by atoms with Crippen LogP contribution in [0.2, 0.25) is 5.02 Å². The number of benzene rings is 8. The van der Waals surface area contributed by atoms with Crippen molar-refractivity contribution in [1.29, 1.82) is 0 Å². The van der Waals surface area contributed by atoms with Gasteiger partial charge in [0.2, 0.25) is 0 Å². The second kappa shape index (κ2) is 13.4. The lowest BCUT2D eigenvalue weighted by molar-refractivity contribution is 0.681. The lowest BCUT2D eigenvalue weighted by Gasteiger charge is -2.46. The molecule has 0 unspecified atom stereocenters. The van der Waals surface area contributed by atoms with Crippen molar-refractivity contribution in [2.24, 2.45) is 0 Å². The summed E-state index contributed by atoms with van der Waals surface area (Å²) in [6.45, 7) is 12.9. The standard InChI is InChI=1S/C53H38ClN3/c1-52(37-20-6-4-7-21-37)40-25-11-16-30-45(40)56(46-31-17-12-26-41(46)52)49-34-36(39-24-10-15-29-44(39)55-3)35-50(51(49)54)57-47-32-18-13-27-42(47)53(2,38-22-8-5-9-23-38)43-28-14-19-33-48(43)57/h4-35H,1-2H3. The number of anilines is 6. The molecular formula is C53H38ClN3. The first-order valence-electron chi connectivity index (χ1n) is 19.3. The van der Waals surface area contributed by atoms with E-state index in [1.54, 1.807) is 0 Å². The highest BCUT2D eigenvalue weighted by molar-refractivity contribution is 6.37. The number of para-hydroxylation sites is 5. The Morgan fingerprint density at radius 2 is 0.754 bits per heavy atom. The van der Waals surface area contributed by atoms with Gasteiger partial charge in [0.25, 0.3) is 0 Å². The van der Waals surface area contributed by atoms with Crippen molar-refractivity contribution in [3.05, 3.63) is 244 Å². The van der Waals surface area contributed by atoms with E-state index in [1.165, 1.54) is 33.4 Å². The molecule has 0 saturated carbocycles. The molecule has 2 aliphatic rings. The molecule has 0 spiro atoms. The normalized spacial score (nSPS) is 14.4. The Kier molecular flexibility index (Phi) is 8.15. The van der Waals surface area contributed by atoms with Crippen LogP contribution in [0.1, 0.15) is 47.2 Å². The third kappa shape index (κ3) is 5.11. The maximum Gasteiger partial charge on any atom is 0.194 e. The Morgan fingerprint density at radius 3 is 1.14 bits per heavy atom. The van der Waals surface area contributed by atoms with E-state index in [2.05, 4.69) is 198 Å². The minimum atomic E-state index is -0.429. The van der Waals surface area contributed by atoms with Gasteiger partial charge in [0.15, 0.2) is 5.69 Å². The van der Waals surface area contributed by atoms with Gasteiger partial charge in [-0.3, -0.25) is 0 Å². The van der Waals surface area contributed by atoms with E-state index in [0.717, 1.165) is 45.3 Å². The fourth-order valence-electron chi connectivity index (χ4n) is 9.49. The van der Waals surface area contributed by atoms with E-state index in [1.807, 2.05) is 24.3 Å². The topological polar surface area (TPSA) is 10.8 Å². The summed E-state index contributed by atoms with van der Waals surface area (Å²) in [5.74, 6) is 0. The zero-order chi connectivity index (χ0) is 38.7. The maximum atomic E-state index is 8.19. The number of fused-ring (bicyclic) bond motifs is 4. The minimum Gasteiger partial charge on any atom is -0.308 e. The molecule has 10 rings (SSSR count). The van der Waals surface area contributed by atoms with Gasteiger partial charge in [-0.2, -0.15) is 0 Å². The van der Waals surface area contributed by atoms with Crippen molar-refractivity contribution in [3.8, 4) is 11.1 Å². The Hall–Kier alpha value is -6.86. The second-order valence-electron chi connectivity index (χ2n) is 15.2. The molecule has 272 valence electrons. The van der Waals surface area contributed by atoms with Crippen molar-refractivity contribution in [2.75, 3.05) is 9.80 Å². The lowest BCUT2D eigenvalue weighted by atomic mass is 9.67. The van der Waals surface area contributed by atoms with Gasteiger partial charge in [0, 0.05) is 10.8 Å². The van der Waals surface area contributed by atoms with Gasteiger partial charge in [0.05, 0.1) is 45.7 Å². The van der Waals surface area contributed by atoms with Crippen molar-refractivity contribution in [3.63, 3.8) is 0 Å². The molecule has 2 heterocycles. The summed E-state index contributed by atoms with van der Waals surface area (Å²) < 4.78 is 0. The predicted molar refractivity (Wildman–Crippen MR) is 237 cm³/mol. The number of rotatable bonds is 5. The highest BCUT2D eigenvalue weighted by Gasteiger charge is 2.44. The predicted octanol–water partition coefficient (Wildman–Crippen LogP) is 14.8. The van der Waals surface area contributed by atoms with Crippen LogP contribution in [0, 0.1) is 6.57 Å². The van der Waals surface area contributed by atoms with Crippen LogP contribution in [-0.4, -0.2) is 0 Å². The molecule has 0 amide bonds. The summed E-state index contributed by atoms with van der Waals surface area (Å²) in [6, 6.07) is 68.6. The van der Waals surface area contributed by atoms with Crippen LogP contribution in [0.5, 0.6) is 0 Å². The van der Waals surface area contributed by atoms with Crippen LogP contribution in [0.3, 0.4) is 0 Å². The van der Waals surface area contributed by atoms with Gasteiger partial charge in [-0.25, -0.2) is 4.85 Å². The molecule has 0 atom stereocenters. The smallest absolute Gasteiger partial charge is 0.194 e. The van der Waals surface area contributed by atoms with Gasteiger partial charge >= 0.3 is 0 Å². The Morgan fingerprint density at radius 1 is 0.421 bits per heavy atom. The highest BCUT2D eigenvalue weighted by Crippen LogP contribution is 2.60. The average molecular weight is 752 g/mol. The summed E-state index contributed by atoms with van der Waals surface area (Å²) in [5.41, 5.74) is 14.6. The van der Waals surface area contributed by atoms with Gasteiger partial charge < -0.3 is 9.80 Å². The Bertz CT molecular complexity index is 2610. The first-order valence-corrected chi connectivity index (χ1v) is 19.7. The van der Waals surface area contributed by atoms with E-state index in [0.29, 0.717) is 10.7 Å². The van der Waals surface area contributed by atoms with E-state index >= 15 is 0 Å². The lowest BCUT2D eigenvalue weighted by Crippen LogP contribution is -2.35. The van der Waals surface area contributed by atoms with Crippen molar-refractivity contribution < 1.29 is 0 Å². The minimum absolute atomic E-state index is 0.429. The van der Waals surface area contributed by atoms with Crippen molar-refractivity contribution >= 4 is 51.4 Å². The molecule has 57 heavy (non-hydrogen) atoms. The van der Waals surface area contributed by atoms with E-state index in [-0.39, 0.29) is 0 Å². The fraction of sp³-hybridized carbons (Fsp3) is 0.0755. The van der Waals surface area contributed by atoms with Gasteiger partial charge in [-0.05, 0) is 94.8 Å². The second-order valence-corrected chi connectivity index (χ2v) is 15.6. The number of hydrogen-bond acceptors (Lipinski definition) is 2. The van der Waals surface area contributed by atoms with Crippen LogP contribution in [-0.2, 0) is 10.8 Å². The highest BCUT2D eigenvalue weighted by atomic mass is 35.5. The summed E-state index contributed by atoms with van der Waals surface area (Å²) in [4.78, 5) is 8.66. The van der Waals surface area contributed by atoms with Crippen LogP contribution < -0.4 is 9.80 Å². The average Bonchev–Trinajstić information content (AvgIpc) is 3.28. The maximum absolute atomic E-state index is 8.19. The van der Waals surface area contributed by atoms with Crippen LogP contribution >= 0.6 is 11.6 Å². The van der Waals surface area contributed by atoms with Gasteiger partial charge in [-0.1, -0.05) is 169 Å². The molecule has 8 aromatic rings. The van der Waals surface area contributed by atoms with Crippen LogP contribution in [0.4, 0.5) is 39.8 Å². The SMILES string of the molecule is [C-]#[N+]c1ccccc1-c1cc(N2c3ccccc3C(C)(c3ccccc3)c3ccccc32)c(Cl)c(N2c3ccccc3C(C)(c3ccccc3)c3ccccc32)c1. The monoisotopic (exact) mass is 751 g/mol. The summed E-state index contributed by atoms with van der Waals surface area (Å²) in [7, 11) is 0. The molecule has 0 radical (unpaired) electrons. The Balaban J connectivity index is 1.29. The number of hydrogen-bond donors (Lipinski definition) is 0. The van der Waals surface area contributed by atoms with Crippen molar-refractivity contribution in [2.45, 2.75) is 24.7 Å². The van der Waals surface area contributed by atoms with E-state index in [9.17, 15) is 0 Å². The first kappa shape index (κ1) is 34.6. The molecule has 2 aliphatic heterocycles. The first-order chi connectivity index (χ1) is 27.9.